The van der Waals surface area contributed by atoms with Crippen molar-refractivity contribution in [1.82, 2.24) is 14.7 Å². The molecule has 1 aromatic heterocycles. The Morgan fingerprint density at radius 3 is 2.43 bits per heavy atom. The number of amides is 2. The van der Waals surface area contributed by atoms with Gasteiger partial charge in [0.1, 0.15) is 12.4 Å². The highest BCUT2D eigenvalue weighted by Crippen LogP contribution is 2.28. The first-order valence-electron chi connectivity index (χ1n) is 12.0. The van der Waals surface area contributed by atoms with Gasteiger partial charge in [0.15, 0.2) is 0 Å². The van der Waals surface area contributed by atoms with Crippen LogP contribution in [0.2, 0.25) is 5.02 Å². The van der Waals surface area contributed by atoms with E-state index in [0.717, 1.165) is 35.3 Å². The lowest BCUT2D eigenvalue weighted by Crippen LogP contribution is -2.39. The lowest BCUT2D eigenvalue weighted by atomic mass is 9.92. The van der Waals surface area contributed by atoms with Crippen LogP contribution in [-0.2, 0) is 10.2 Å². The lowest BCUT2D eigenvalue weighted by molar-refractivity contribution is -0.117. The molecule has 186 valence electrons. The maximum atomic E-state index is 13.2. The van der Waals surface area contributed by atoms with Crippen LogP contribution in [0.5, 0.6) is 0 Å². The smallest absolute Gasteiger partial charge is 0.255 e. The first-order chi connectivity index (χ1) is 16.5. The number of halogens is 1. The Labute approximate surface area is 213 Å². The Morgan fingerprint density at radius 2 is 1.80 bits per heavy atom. The molecule has 35 heavy (non-hydrogen) atoms. The molecular formula is C28H35ClN4O2. The zero-order valence-corrected chi connectivity index (χ0v) is 22.2. The molecule has 0 fully saturated rings. The highest BCUT2D eigenvalue weighted by Gasteiger charge is 2.24. The van der Waals surface area contributed by atoms with Gasteiger partial charge >= 0.3 is 0 Å². The molecule has 0 atom stereocenters. The highest BCUT2D eigenvalue weighted by molar-refractivity contribution is 6.33. The van der Waals surface area contributed by atoms with Crippen molar-refractivity contribution in [3.05, 3.63) is 75.9 Å². The summed E-state index contributed by atoms with van der Waals surface area (Å²) in [5.41, 5.74) is 4.18. The standard InChI is InChI=1S/C28H35ClN4O2/c1-7-8-15-32(27(35)21-11-9-10-12-22(21)29)18-26(34)30-25-17-24(28(4,5)6)31-33(25)23-14-13-19(2)16-20(23)3/h9-14,16-17H,7-8,15,18H2,1-6H3,(H,30,34). The van der Waals surface area contributed by atoms with Crippen molar-refractivity contribution < 1.29 is 9.59 Å². The topological polar surface area (TPSA) is 67.2 Å². The minimum absolute atomic E-state index is 0.0764. The maximum absolute atomic E-state index is 13.2. The molecule has 6 nitrogen and oxygen atoms in total. The van der Waals surface area contributed by atoms with Gasteiger partial charge in [0.05, 0.1) is 22.0 Å². The first-order valence-corrected chi connectivity index (χ1v) is 12.4. The summed E-state index contributed by atoms with van der Waals surface area (Å²) in [5, 5.41) is 8.21. The third-order valence-corrected chi connectivity index (χ3v) is 6.16. The fourth-order valence-corrected chi connectivity index (χ4v) is 4.04. The summed E-state index contributed by atoms with van der Waals surface area (Å²) in [5.74, 6) is 0.0397. The Hall–Kier alpha value is -3.12. The summed E-state index contributed by atoms with van der Waals surface area (Å²) < 4.78 is 1.78. The molecule has 0 aliphatic heterocycles. The Bertz CT molecular complexity index is 1210. The Kier molecular flexibility index (Phi) is 8.39. The number of nitrogens with zero attached hydrogens (tertiary/aromatic N) is 3. The summed E-state index contributed by atoms with van der Waals surface area (Å²) >= 11 is 6.26. The van der Waals surface area contributed by atoms with Crippen molar-refractivity contribution in [1.29, 1.82) is 0 Å². The van der Waals surface area contributed by atoms with E-state index in [4.69, 9.17) is 16.7 Å². The van der Waals surface area contributed by atoms with Crippen LogP contribution < -0.4 is 5.32 Å². The third kappa shape index (κ3) is 6.51. The van der Waals surface area contributed by atoms with Crippen LogP contribution in [0.25, 0.3) is 5.69 Å². The number of nitrogens with one attached hydrogen (secondary N) is 1. The summed E-state index contributed by atoms with van der Waals surface area (Å²) in [7, 11) is 0. The van der Waals surface area contributed by atoms with Gasteiger partial charge in [-0.3, -0.25) is 9.59 Å². The summed E-state index contributed by atoms with van der Waals surface area (Å²) in [6.45, 7) is 12.8. The minimum Gasteiger partial charge on any atom is -0.329 e. The number of carbonyl (C=O) groups excluding carboxylic acids is 2. The molecule has 0 bridgehead atoms. The summed E-state index contributed by atoms with van der Waals surface area (Å²) in [6, 6.07) is 15.0. The average molecular weight is 495 g/mol. The van der Waals surface area contributed by atoms with E-state index in [1.54, 1.807) is 33.8 Å². The summed E-state index contributed by atoms with van der Waals surface area (Å²) in [4.78, 5) is 28.0. The van der Waals surface area contributed by atoms with Crippen LogP contribution in [0.4, 0.5) is 5.82 Å². The molecule has 3 aromatic rings. The number of benzene rings is 2. The number of anilines is 1. The van der Waals surface area contributed by atoms with E-state index in [0.29, 0.717) is 22.9 Å². The van der Waals surface area contributed by atoms with Crippen LogP contribution in [0, 0.1) is 13.8 Å². The van der Waals surface area contributed by atoms with E-state index >= 15 is 0 Å². The van der Waals surface area contributed by atoms with E-state index in [1.165, 1.54) is 0 Å². The number of rotatable bonds is 8. The molecule has 0 radical (unpaired) electrons. The Balaban J connectivity index is 1.90. The predicted molar refractivity (Wildman–Crippen MR) is 143 cm³/mol. The number of hydrogen-bond acceptors (Lipinski definition) is 3. The average Bonchev–Trinajstić information content (AvgIpc) is 3.20. The van der Waals surface area contributed by atoms with E-state index in [-0.39, 0.29) is 23.8 Å². The normalized spacial score (nSPS) is 11.4. The molecule has 0 aliphatic carbocycles. The van der Waals surface area contributed by atoms with Crippen molar-refractivity contribution in [2.45, 2.75) is 59.8 Å². The molecule has 0 spiro atoms. The molecule has 3 rings (SSSR count). The second-order valence-corrected chi connectivity index (χ2v) is 10.4. The molecule has 2 aromatic carbocycles. The molecular weight excluding hydrogens is 460 g/mol. The lowest BCUT2D eigenvalue weighted by Gasteiger charge is -2.23. The fourth-order valence-electron chi connectivity index (χ4n) is 3.83. The van der Waals surface area contributed by atoms with E-state index < -0.39 is 0 Å². The molecule has 0 unspecified atom stereocenters. The minimum atomic E-state index is -0.284. The third-order valence-electron chi connectivity index (χ3n) is 5.83. The molecule has 1 N–H and O–H groups in total. The van der Waals surface area contributed by atoms with Gasteiger partial charge in [-0.05, 0) is 44.0 Å². The van der Waals surface area contributed by atoms with Gasteiger partial charge in [-0.25, -0.2) is 4.68 Å². The van der Waals surface area contributed by atoms with Crippen molar-refractivity contribution >= 4 is 29.2 Å². The number of aromatic nitrogens is 2. The second kappa shape index (κ2) is 11.1. The molecule has 1 heterocycles. The number of hydrogen-bond donors (Lipinski definition) is 1. The fraction of sp³-hybridized carbons (Fsp3) is 0.393. The van der Waals surface area contributed by atoms with Gasteiger partial charge in [0.2, 0.25) is 5.91 Å². The monoisotopic (exact) mass is 494 g/mol. The van der Waals surface area contributed by atoms with Gasteiger partial charge in [-0.1, -0.05) is 75.5 Å². The van der Waals surface area contributed by atoms with Gasteiger partial charge in [-0.2, -0.15) is 5.10 Å². The molecule has 0 aliphatic rings. The van der Waals surface area contributed by atoms with Crippen molar-refractivity contribution in [3.8, 4) is 5.69 Å². The van der Waals surface area contributed by atoms with Crippen molar-refractivity contribution in [2.24, 2.45) is 0 Å². The van der Waals surface area contributed by atoms with Crippen LogP contribution in [-0.4, -0.2) is 39.6 Å². The van der Waals surface area contributed by atoms with Crippen molar-refractivity contribution in [3.63, 3.8) is 0 Å². The molecule has 2 amide bonds. The van der Waals surface area contributed by atoms with Crippen LogP contribution >= 0.6 is 11.6 Å². The van der Waals surface area contributed by atoms with E-state index in [2.05, 4.69) is 39.1 Å². The van der Waals surface area contributed by atoms with Crippen molar-refractivity contribution in [2.75, 3.05) is 18.4 Å². The summed E-state index contributed by atoms with van der Waals surface area (Å²) in [6.07, 6.45) is 1.69. The predicted octanol–water partition coefficient (Wildman–Crippen LogP) is 6.32. The van der Waals surface area contributed by atoms with Gasteiger partial charge in [0, 0.05) is 18.0 Å². The molecule has 0 saturated carbocycles. The number of carbonyl (C=O) groups is 2. The molecule has 7 heteroatoms. The van der Waals surface area contributed by atoms with Crippen LogP contribution in [0.15, 0.2) is 48.5 Å². The highest BCUT2D eigenvalue weighted by atomic mass is 35.5. The van der Waals surface area contributed by atoms with E-state index in [1.807, 2.05) is 32.0 Å². The number of aryl methyl sites for hydroxylation is 2. The van der Waals surface area contributed by atoms with Gasteiger partial charge in [-0.15, -0.1) is 0 Å². The van der Waals surface area contributed by atoms with Crippen LogP contribution in [0.1, 0.15) is 67.7 Å². The SMILES string of the molecule is CCCCN(CC(=O)Nc1cc(C(C)(C)C)nn1-c1ccc(C)cc1C)C(=O)c1ccccc1Cl. The zero-order chi connectivity index (χ0) is 25.8. The van der Waals surface area contributed by atoms with Gasteiger partial charge < -0.3 is 10.2 Å². The van der Waals surface area contributed by atoms with E-state index in [9.17, 15) is 9.59 Å². The number of unbranched alkanes of at least 4 members (excludes halogenated alkanes) is 1. The maximum Gasteiger partial charge on any atom is 0.255 e. The largest absolute Gasteiger partial charge is 0.329 e. The molecule has 0 saturated heterocycles. The first kappa shape index (κ1) is 26.5. The van der Waals surface area contributed by atoms with Gasteiger partial charge in [0.25, 0.3) is 5.91 Å². The van der Waals surface area contributed by atoms with Crippen LogP contribution in [0.3, 0.4) is 0 Å². The Morgan fingerprint density at radius 1 is 1.09 bits per heavy atom. The second-order valence-electron chi connectivity index (χ2n) is 9.97. The zero-order valence-electron chi connectivity index (χ0n) is 21.5. The quantitative estimate of drug-likeness (QED) is 0.398.